The van der Waals surface area contributed by atoms with Gasteiger partial charge in [-0.2, -0.15) is 0 Å². The fourth-order valence-electron chi connectivity index (χ4n) is 2.51. The van der Waals surface area contributed by atoms with Gasteiger partial charge < -0.3 is 14.6 Å². The van der Waals surface area contributed by atoms with E-state index in [4.69, 9.17) is 14.6 Å². The van der Waals surface area contributed by atoms with E-state index in [0.29, 0.717) is 18.8 Å². The molecule has 0 saturated heterocycles. The molecule has 172 valence electrons. The zero-order chi connectivity index (χ0) is 23.8. The predicted octanol–water partition coefficient (Wildman–Crippen LogP) is 6.36. The molecule has 0 atom stereocenters. The Bertz CT molecular complexity index is 864. The number of rotatable bonds is 11. The van der Waals surface area contributed by atoms with Gasteiger partial charge in [0.15, 0.2) is 0 Å². The summed E-state index contributed by atoms with van der Waals surface area (Å²) in [5.41, 5.74) is 3.65. The highest BCUT2D eigenvalue weighted by atomic mass is 16.5. The molecular formula is C27H34O5. The third-order valence-corrected chi connectivity index (χ3v) is 4.40. The highest BCUT2D eigenvalue weighted by Gasteiger charge is 2.01. The van der Waals surface area contributed by atoms with Crippen LogP contribution in [0.15, 0.2) is 66.8 Å². The summed E-state index contributed by atoms with van der Waals surface area (Å²) in [6.45, 7) is 10.4. The first-order valence-electron chi connectivity index (χ1n) is 10.8. The summed E-state index contributed by atoms with van der Waals surface area (Å²) in [6.07, 6.45) is 7.18. The number of carboxylic acids is 1. The van der Waals surface area contributed by atoms with E-state index in [0.717, 1.165) is 35.8 Å². The van der Waals surface area contributed by atoms with Crippen LogP contribution in [-0.4, -0.2) is 23.7 Å². The van der Waals surface area contributed by atoms with Crippen LogP contribution in [0.5, 0.6) is 5.75 Å². The molecule has 0 amide bonds. The lowest BCUT2D eigenvalue weighted by atomic mass is 10.2. The van der Waals surface area contributed by atoms with E-state index < -0.39 is 5.97 Å². The predicted molar refractivity (Wildman–Crippen MR) is 129 cm³/mol. The summed E-state index contributed by atoms with van der Waals surface area (Å²) in [4.78, 5) is 21.3. The van der Waals surface area contributed by atoms with E-state index >= 15 is 0 Å². The number of carboxylic acid groups (broad SMARTS) is 1. The van der Waals surface area contributed by atoms with E-state index in [1.807, 2.05) is 43.3 Å². The fraction of sp³-hybridized carbons (Fsp3) is 0.333. The SMILES string of the molecule is C=C(C)C(=O)OCCCCCC.Cc1ccc(COc2ccc(C=CC(=O)O)cc2)cc1. The van der Waals surface area contributed by atoms with Crippen LogP contribution < -0.4 is 4.74 Å². The Balaban J connectivity index is 0.000000368. The summed E-state index contributed by atoms with van der Waals surface area (Å²) in [5, 5.41) is 8.55. The van der Waals surface area contributed by atoms with Crippen molar-refractivity contribution in [1.82, 2.24) is 0 Å². The normalized spacial score (nSPS) is 10.2. The molecule has 32 heavy (non-hydrogen) atoms. The van der Waals surface area contributed by atoms with Crippen molar-refractivity contribution in [3.05, 3.63) is 83.4 Å². The van der Waals surface area contributed by atoms with Gasteiger partial charge in [0, 0.05) is 11.6 Å². The van der Waals surface area contributed by atoms with Crippen molar-refractivity contribution < 1.29 is 24.2 Å². The molecule has 0 spiro atoms. The fourth-order valence-corrected chi connectivity index (χ4v) is 2.51. The molecule has 0 heterocycles. The first-order valence-corrected chi connectivity index (χ1v) is 10.8. The van der Waals surface area contributed by atoms with Crippen LogP contribution in [0.25, 0.3) is 6.08 Å². The smallest absolute Gasteiger partial charge is 0.333 e. The first-order chi connectivity index (χ1) is 15.3. The molecule has 0 aliphatic carbocycles. The van der Waals surface area contributed by atoms with Crippen molar-refractivity contribution in [2.45, 2.75) is 53.1 Å². The Labute approximate surface area is 191 Å². The van der Waals surface area contributed by atoms with Crippen LogP contribution in [0.3, 0.4) is 0 Å². The van der Waals surface area contributed by atoms with Gasteiger partial charge in [-0.15, -0.1) is 0 Å². The zero-order valence-electron chi connectivity index (χ0n) is 19.3. The molecule has 2 aromatic carbocycles. The highest BCUT2D eigenvalue weighted by Crippen LogP contribution is 2.15. The Morgan fingerprint density at radius 2 is 1.66 bits per heavy atom. The second-order valence-electron chi connectivity index (χ2n) is 7.49. The van der Waals surface area contributed by atoms with Crippen LogP contribution in [0.2, 0.25) is 0 Å². The van der Waals surface area contributed by atoms with Crippen LogP contribution in [0.1, 0.15) is 56.2 Å². The molecule has 0 aliphatic heterocycles. The third kappa shape index (κ3) is 12.4. The number of carbonyl (C=O) groups is 2. The van der Waals surface area contributed by atoms with Gasteiger partial charge in [0.1, 0.15) is 12.4 Å². The lowest BCUT2D eigenvalue weighted by molar-refractivity contribution is -0.139. The summed E-state index contributed by atoms with van der Waals surface area (Å²) in [5.74, 6) is -0.464. The molecule has 5 nitrogen and oxygen atoms in total. The lowest BCUT2D eigenvalue weighted by Crippen LogP contribution is -2.05. The second kappa shape index (κ2) is 15.5. The summed E-state index contributed by atoms with van der Waals surface area (Å²) in [6, 6.07) is 15.5. The molecule has 0 bridgehead atoms. The molecular weight excluding hydrogens is 404 g/mol. The van der Waals surface area contributed by atoms with Crippen molar-refractivity contribution in [3.8, 4) is 5.75 Å². The molecule has 2 rings (SSSR count). The van der Waals surface area contributed by atoms with Crippen LogP contribution in [0.4, 0.5) is 0 Å². The molecule has 0 radical (unpaired) electrons. The summed E-state index contributed by atoms with van der Waals surface area (Å²) in [7, 11) is 0. The Morgan fingerprint density at radius 3 is 2.22 bits per heavy atom. The molecule has 0 aromatic heterocycles. The first kappa shape index (κ1) is 26.7. The van der Waals surface area contributed by atoms with Crippen molar-refractivity contribution in [2.24, 2.45) is 0 Å². The minimum Gasteiger partial charge on any atom is -0.489 e. The van der Waals surface area contributed by atoms with Crippen molar-refractivity contribution >= 4 is 18.0 Å². The van der Waals surface area contributed by atoms with Crippen LogP contribution in [-0.2, 0) is 20.9 Å². The van der Waals surface area contributed by atoms with Gasteiger partial charge in [-0.3, -0.25) is 0 Å². The second-order valence-corrected chi connectivity index (χ2v) is 7.49. The minimum absolute atomic E-state index is 0.272. The quantitative estimate of drug-likeness (QED) is 0.251. The van der Waals surface area contributed by atoms with E-state index in [-0.39, 0.29) is 5.97 Å². The molecule has 1 N–H and O–H groups in total. The number of hydrogen-bond donors (Lipinski definition) is 1. The van der Waals surface area contributed by atoms with Crippen molar-refractivity contribution in [3.63, 3.8) is 0 Å². The average Bonchev–Trinajstić information content (AvgIpc) is 2.78. The number of unbranched alkanes of at least 4 members (excludes halogenated alkanes) is 3. The van der Waals surface area contributed by atoms with Gasteiger partial charge in [0.25, 0.3) is 0 Å². The number of esters is 1. The maximum atomic E-state index is 10.9. The van der Waals surface area contributed by atoms with E-state index in [1.54, 1.807) is 13.0 Å². The van der Waals surface area contributed by atoms with Gasteiger partial charge in [0.05, 0.1) is 6.61 Å². The van der Waals surface area contributed by atoms with Gasteiger partial charge in [0.2, 0.25) is 0 Å². The standard InChI is InChI=1S/C17H16O3.C10H18O2/c1-13-2-4-15(5-3-13)12-20-16-9-6-14(7-10-16)8-11-17(18)19;1-4-5-6-7-8-12-10(11)9(2)3/h2-11H,12H2,1H3,(H,18,19);2,4-8H2,1,3H3. The molecule has 0 saturated carbocycles. The highest BCUT2D eigenvalue weighted by molar-refractivity contribution is 5.87. The molecule has 2 aromatic rings. The average molecular weight is 439 g/mol. The molecule has 0 aliphatic rings. The number of aliphatic carboxylic acids is 1. The molecule has 0 fully saturated rings. The Kier molecular flexibility index (Phi) is 12.9. The number of hydrogen-bond acceptors (Lipinski definition) is 4. The maximum absolute atomic E-state index is 10.9. The zero-order valence-corrected chi connectivity index (χ0v) is 19.3. The number of benzene rings is 2. The van der Waals surface area contributed by atoms with Gasteiger partial charge >= 0.3 is 11.9 Å². The Morgan fingerprint density at radius 1 is 1.00 bits per heavy atom. The number of ether oxygens (including phenoxy) is 2. The van der Waals surface area contributed by atoms with E-state index in [9.17, 15) is 9.59 Å². The van der Waals surface area contributed by atoms with Crippen LogP contribution in [0, 0.1) is 6.92 Å². The largest absolute Gasteiger partial charge is 0.489 e. The Hall–Kier alpha value is -3.34. The van der Waals surface area contributed by atoms with Crippen LogP contribution >= 0.6 is 0 Å². The number of carbonyl (C=O) groups excluding carboxylic acids is 1. The molecule has 0 unspecified atom stereocenters. The lowest BCUT2D eigenvalue weighted by Gasteiger charge is -2.06. The van der Waals surface area contributed by atoms with Gasteiger partial charge in [-0.05, 0) is 49.6 Å². The van der Waals surface area contributed by atoms with Gasteiger partial charge in [-0.25, -0.2) is 9.59 Å². The maximum Gasteiger partial charge on any atom is 0.333 e. The minimum atomic E-state index is -0.954. The van der Waals surface area contributed by atoms with Gasteiger partial charge in [-0.1, -0.05) is 74.7 Å². The topological polar surface area (TPSA) is 72.8 Å². The van der Waals surface area contributed by atoms with Crippen molar-refractivity contribution in [1.29, 1.82) is 0 Å². The van der Waals surface area contributed by atoms with E-state index in [1.165, 1.54) is 18.4 Å². The number of aryl methyl sites for hydroxylation is 1. The summed E-state index contributed by atoms with van der Waals surface area (Å²) >= 11 is 0. The molecule has 5 heteroatoms. The third-order valence-electron chi connectivity index (χ3n) is 4.40. The monoisotopic (exact) mass is 438 g/mol. The summed E-state index contributed by atoms with van der Waals surface area (Å²) < 4.78 is 10.6. The van der Waals surface area contributed by atoms with E-state index in [2.05, 4.69) is 25.6 Å². The van der Waals surface area contributed by atoms with Crippen molar-refractivity contribution in [2.75, 3.05) is 6.61 Å².